The monoisotopic (exact) mass is 345 g/mol. The van der Waals surface area contributed by atoms with E-state index >= 15 is 0 Å². The van der Waals surface area contributed by atoms with Crippen molar-refractivity contribution in [2.75, 3.05) is 37.7 Å². The highest BCUT2D eigenvalue weighted by atomic mass is 35.5. The number of carbonyl (C=O) groups excluding carboxylic acids is 1. The second-order valence-corrected chi connectivity index (χ2v) is 6.05. The van der Waals surface area contributed by atoms with Gasteiger partial charge in [-0.2, -0.15) is 0 Å². The molecule has 2 heterocycles. The molecule has 0 aliphatic carbocycles. The van der Waals surface area contributed by atoms with E-state index in [1.165, 1.54) is 0 Å². The Morgan fingerprint density at radius 2 is 2.08 bits per heavy atom. The Morgan fingerprint density at radius 1 is 1.25 bits per heavy atom. The van der Waals surface area contributed by atoms with Gasteiger partial charge in [0.1, 0.15) is 5.82 Å². The highest BCUT2D eigenvalue weighted by molar-refractivity contribution is 6.30. The molecule has 0 saturated carbocycles. The van der Waals surface area contributed by atoms with Crippen LogP contribution in [-0.4, -0.2) is 43.7 Å². The number of carbonyl (C=O) groups is 1. The Hall–Kier alpha value is -2.11. The maximum Gasteiger partial charge on any atom is 0.255 e. The highest BCUT2D eigenvalue weighted by Crippen LogP contribution is 2.18. The number of hydrogen-bond acceptors (Lipinski definition) is 4. The largest absolute Gasteiger partial charge is 0.378 e. The summed E-state index contributed by atoms with van der Waals surface area (Å²) in [6, 6.07) is 11.3. The highest BCUT2D eigenvalue weighted by Gasteiger charge is 2.19. The van der Waals surface area contributed by atoms with Crippen LogP contribution in [0.1, 0.15) is 15.9 Å². The quantitative estimate of drug-likeness (QED) is 0.904. The Bertz CT molecular complexity index is 702. The van der Waals surface area contributed by atoms with E-state index in [9.17, 15) is 4.79 Å². The Morgan fingerprint density at radius 3 is 2.88 bits per heavy atom. The van der Waals surface area contributed by atoms with Crippen LogP contribution < -0.4 is 10.2 Å². The minimum Gasteiger partial charge on any atom is -0.378 e. The molecule has 1 aliphatic rings. The predicted molar refractivity (Wildman–Crippen MR) is 94.8 cm³/mol. The van der Waals surface area contributed by atoms with E-state index in [0.717, 1.165) is 30.9 Å². The maximum absolute atomic E-state index is 12.5. The molecule has 0 atom stereocenters. The summed E-state index contributed by atoms with van der Waals surface area (Å²) in [6.07, 6.45) is 2.45. The zero-order valence-corrected chi connectivity index (χ0v) is 14.1. The third kappa shape index (κ3) is 4.24. The van der Waals surface area contributed by atoms with Gasteiger partial charge in [-0.3, -0.25) is 4.79 Å². The van der Waals surface area contributed by atoms with Gasteiger partial charge < -0.3 is 15.0 Å². The molecule has 1 N–H and O–H groups in total. The van der Waals surface area contributed by atoms with Crippen molar-refractivity contribution in [1.29, 1.82) is 0 Å². The number of nitrogens with zero attached hydrogens (tertiary/aromatic N) is 2. The molecular formula is C18H20ClN3O2. The first-order chi connectivity index (χ1) is 11.7. The van der Waals surface area contributed by atoms with Gasteiger partial charge in [-0.05, 0) is 36.2 Å². The van der Waals surface area contributed by atoms with Crippen molar-refractivity contribution in [3.8, 4) is 0 Å². The molecule has 1 fully saturated rings. The van der Waals surface area contributed by atoms with Crippen molar-refractivity contribution in [2.24, 2.45) is 0 Å². The van der Waals surface area contributed by atoms with Crippen molar-refractivity contribution in [2.45, 2.75) is 6.42 Å². The average molecular weight is 346 g/mol. The minimum absolute atomic E-state index is 0.105. The molecule has 1 aromatic heterocycles. The number of amides is 1. The van der Waals surface area contributed by atoms with Crippen LogP contribution in [0, 0.1) is 0 Å². The number of morpholine rings is 1. The van der Waals surface area contributed by atoms with Crippen LogP contribution in [-0.2, 0) is 11.2 Å². The summed E-state index contributed by atoms with van der Waals surface area (Å²) >= 11 is 5.98. The molecule has 6 heteroatoms. The molecule has 1 aliphatic heterocycles. The van der Waals surface area contributed by atoms with E-state index in [-0.39, 0.29) is 5.91 Å². The van der Waals surface area contributed by atoms with Gasteiger partial charge in [0.05, 0.1) is 18.8 Å². The van der Waals surface area contributed by atoms with E-state index in [1.807, 2.05) is 30.3 Å². The zero-order valence-electron chi connectivity index (χ0n) is 13.4. The van der Waals surface area contributed by atoms with Crippen molar-refractivity contribution in [3.63, 3.8) is 0 Å². The molecule has 5 nitrogen and oxygen atoms in total. The zero-order chi connectivity index (χ0) is 16.8. The van der Waals surface area contributed by atoms with Crippen molar-refractivity contribution < 1.29 is 9.53 Å². The molecule has 3 rings (SSSR count). The van der Waals surface area contributed by atoms with Gasteiger partial charge in [0.15, 0.2) is 0 Å². The standard InChI is InChI=1S/C18H20ClN3O2/c19-15-4-1-3-14(13-15)6-8-21-18(23)16-5-2-7-20-17(16)22-9-11-24-12-10-22/h1-5,7,13H,6,8-12H2,(H,21,23). The van der Waals surface area contributed by atoms with Gasteiger partial charge in [0.2, 0.25) is 0 Å². The van der Waals surface area contributed by atoms with Crippen molar-refractivity contribution in [3.05, 3.63) is 58.7 Å². The van der Waals surface area contributed by atoms with E-state index in [2.05, 4.69) is 15.2 Å². The second-order valence-electron chi connectivity index (χ2n) is 5.61. The minimum atomic E-state index is -0.105. The van der Waals surface area contributed by atoms with Gasteiger partial charge in [-0.15, -0.1) is 0 Å². The summed E-state index contributed by atoms with van der Waals surface area (Å²) in [5.41, 5.74) is 1.70. The molecule has 24 heavy (non-hydrogen) atoms. The number of nitrogens with one attached hydrogen (secondary N) is 1. The van der Waals surface area contributed by atoms with Crippen LogP contribution in [0.4, 0.5) is 5.82 Å². The number of rotatable bonds is 5. The Kier molecular flexibility index (Phi) is 5.67. The molecule has 2 aromatic rings. The fraction of sp³-hybridized carbons (Fsp3) is 0.333. The van der Waals surface area contributed by atoms with Crippen LogP contribution in [0.25, 0.3) is 0 Å². The number of hydrogen-bond donors (Lipinski definition) is 1. The lowest BCUT2D eigenvalue weighted by Gasteiger charge is -2.29. The topological polar surface area (TPSA) is 54.5 Å². The molecule has 1 amide bonds. The molecular weight excluding hydrogens is 326 g/mol. The van der Waals surface area contributed by atoms with Gasteiger partial charge in [-0.25, -0.2) is 4.98 Å². The lowest BCUT2D eigenvalue weighted by Crippen LogP contribution is -2.38. The first-order valence-electron chi connectivity index (χ1n) is 8.04. The SMILES string of the molecule is O=C(NCCc1cccc(Cl)c1)c1cccnc1N1CCOCC1. The number of benzene rings is 1. The van der Waals surface area contributed by atoms with Crippen LogP contribution in [0.15, 0.2) is 42.6 Å². The molecule has 0 radical (unpaired) electrons. The van der Waals surface area contributed by atoms with E-state index < -0.39 is 0 Å². The average Bonchev–Trinajstić information content (AvgIpc) is 2.62. The van der Waals surface area contributed by atoms with Crippen molar-refractivity contribution in [1.82, 2.24) is 10.3 Å². The number of halogens is 1. The summed E-state index contributed by atoms with van der Waals surface area (Å²) < 4.78 is 5.36. The lowest BCUT2D eigenvalue weighted by molar-refractivity contribution is 0.0952. The summed E-state index contributed by atoms with van der Waals surface area (Å²) in [5.74, 6) is 0.618. The first kappa shape index (κ1) is 16.7. The van der Waals surface area contributed by atoms with Gasteiger partial charge in [-0.1, -0.05) is 23.7 Å². The summed E-state index contributed by atoms with van der Waals surface area (Å²) in [6.45, 7) is 3.37. The lowest BCUT2D eigenvalue weighted by atomic mass is 10.1. The molecule has 0 unspecified atom stereocenters. The molecule has 0 bridgehead atoms. The van der Waals surface area contributed by atoms with Gasteiger partial charge >= 0.3 is 0 Å². The summed E-state index contributed by atoms with van der Waals surface area (Å²) in [4.78, 5) is 19.0. The van der Waals surface area contributed by atoms with Crippen molar-refractivity contribution >= 4 is 23.3 Å². The smallest absolute Gasteiger partial charge is 0.255 e. The third-order valence-corrected chi connectivity index (χ3v) is 4.17. The fourth-order valence-corrected chi connectivity index (χ4v) is 2.92. The van der Waals surface area contributed by atoms with E-state index in [4.69, 9.17) is 16.3 Å². The number of anilines is 1. The van der Waals surface area contributed by atoms with Crippen LogP contribution in [0.2, 0.25) is 5.02 Å². The summed E-state index contributed by atoms with van der Waals surface area (Å²) in [5, 5.41) is 3.68. The summed E-state index contributed by atoms with van der Waals surface area (Å²) in [7, 11) is 0. The molecule has 0 spiro atoms. The van der Waals surface area contributed by atoms with E-state index in [0.29, 0.717) is 30.3 Å². The van der Waals surface area contributed by atoms with Crippen LogP contribution in [0.3, 0.4) is 0 Å². The van der Waals surface area contributed by atoms with Crippen LogP contribution in [0.5, 0.6) is 0 Å². The predicted octanol–water partition coefficient (Wildman–Crippen LogP) is 2.54. The number of pyridine rings is 1. The number of aromatic nitrogens is 1. The van der Waals surface area contributed by atoms with Crippen LogP contribution >= 0.6 is 11.6 Å². The molecule has 1 aromatic carbocycles. The van der Waals surface area contributed by atoms with Gasteiger partial charge in [0, 0.05) is 30.9 Å². The Labute approximate surface area is 146 Å². The molecule has 1 saturated heterocycles. The van der Waals surface area contributed by atoms with Gasteiger partial charge in [0.25, 0.3) is 5.91 Å². The van der Waals surface area contributed by atoms with E-state index in [1.54, 1.807) is 12.3 Å². The fourth-order valence-electron chi connectivity index (χ4n) is 2.71. The molecule has 126 valence electrons. The Balaban J connectivity index is 1.62. The normalized spacial score (nSPS) is 14.5. The first-order valence-corrected chi connectivity index (χ1v) is 8.42. The number of ether oxygens (including phenoxy) is 1. The third-order valence-electron chi connectivity index (χ3n) is 3.93. The maximum atomic E-state index is 12.5. The second kappa shape index (κ2) is 8.13.